The van der Waals surface area contributed by atoms with Crippen molar-refractivity contribution in [3.05, 3.63) is 29.8 Å². The molecule has 0 aliphatic heterocycles. The van der Waals surface area contributed by atoms with E-state index in [1.807, 2.05) is 12.1 Å². The largest absolute Gasteiger partial charge is 0.508 e. The van der Waals surface area contributed by atoms with Crippen molar-refractivity contribution in [3.8, 4) is 5.75 Å². The van der Waals surface area contributed by atoms with E-state index in [1.165, 1.54) is 5.56 Å². The molecule has 1 rings (SSSR count). The van der Waals surface area contributed by atoms with E-state index in [9.17, 15) is 0 Å². The number of phenolic OH excluding ortho intramolecular Hbond substituents is 1. The first-order chi connectivity index (χ1) is 6.68. The number of aromatic hydroxyl groups is 1. The highest BCUT2D eigenvalue weighted by Gasteiger charge is 1.95. The topological polar surface area (TPSA) is 32.3 Å². The Morgan fingerprint density at radius 3 is 2.43 bits per heavy atom. The van der Waals surface area contributed by atoms with Crippen LogP contribution in [0.25, 0.3) is 0 Å². The highest BCUT2D eigenvalue weighted by molar-refractivity contribution is 5.25. The Kier molecular flexibility index (Phi) is 4.47. The Labute approximate surface area is 86.0 Å². The molecular formula is C12H19NO. The number of rotatable bonds is 5. The summed E-state index contributed by atoms with van der Waals surface area (Å²) in [5, 5.41) is 12.5. The first-order valence-electron chi connectivity index (χ1n) is 5.17. The summed E-state index contributed by atoms with van der Waals surface area (Å²) in [5.41, 5.74) is 1.26. The predicted octanol–water partition coefficient (Wildman–Crippen LogP) is 2.18. The molecule has 0 aliphatic carbocycles. The van der Waals surface area contributed by atoms with Gasteiger partial charge in [0.1, 0.15) is 5.75 Å². The fourth-order valence-electron chi connectivity index (χ4n) is 1.29. The molecule has 2 nitrogen and oxygen atoms in total. The molecule has 0 atom stereocenters. The molecule has 1 aromatic carbocycles. The zero-order valence-corrected chi connectivity index (χ0v) is 8.96. The Balaban J connectivity index is 2.21. The van der Waals surface area contributed by atoms with E-state index in [0.29, 0.717) is 11.7 Å². The summed E-state index contributed by atoms with van der Waals surface area (Å²) in [6.45, 7) is 6.47. The minimum Gasteiger partial charge on any atom is -0.508 e. The second-order valence-corrected chi connectivity index (χ2v) is 4.01. The van der Waals surface area contributed by atoms with Crippen LogP contribution in [0, 0.1) is 5.92 Å². The van der Waals surface area contributed by atoms with E-state index in [0.717, 1.165) is 19.5 Å². The van der Waals surface area contributed by atoms with Gasteiger partial charge >= 0.3 is 0 Å². The van der Waals surface area contributed by atoms with Crippen LogP contribution in [0.2, 0.25) is 0 Å². The van der Waals surface area contributed by atoms with Crippen molar-refractivity contribution in [2.24, 2.45) is 5.92 Å². The SMILES string of the molecule is CC(C)CNCCc1ccc(O)cc1. The van der Waals surface area contributed by atoms with Gasteiger partial charge in [0.05, 0.1) is 0 Å². The lowest BCUT2D eigenvalue weighted by atomic mass is 10.1. The maximum Gasteiger partial charge on any atom is 0.115 e. The highest BCUT2D eigenvalue weighted by atomic mass is 16.3. The number of benzene rings is 1. The molecule has 0 radical (unpaired) electrons. The second kappa shape index (κ2) is 5.66. The van der Waals surface area contributed by atoms with Crippen LogP contribution < -0.4 is 5.32 Å². The van der Waals surface area contributed by atoms with Gasteiger partial charge in [0.2, 0.25) is 0 Å². The van der Waals surface area contributed by atoms with E-state index in [-0.39, 0.29) is 0 Å². The quantitative estimate of drug-likeness (QED) is 0.702. The highest BCUT2D eigenvalue weighted by Crippen LogP contribution is 2.09. The third kappa shape index (κ3) is 4.28. The van der Waals surface area contributed by atoms with Crippen molar-refractivity contribution in [3.63, 3.8) is 0 Å². The zero-order valence-electron chi connectivity index (χ0n) is 8.96. The van der Waals surface area contributed by atoms with Crippen LogP contribution >= 0.6 is 0 Å². The fourth-order valence-corrected chi connectivity index (χ4v) is 1.29. The van der Waals surface area contributed by atoms with E-state index < -0.39 is 0 Å². The Hall–Kier alpha value is -1.02. The van der Waals surface area contributed by atoms with E-state index in [2.05, 4.69) is 19.2 Å². The smallest absolute Gasteiger partial charge is 0.115 e. The lowest BCUT2D eigenvalue weighted by Crippen LogP contribution is -2.22. The molecule has 78 valence electrons. The average molecular weight is 193 g/mol. The molecular weight excluding hydrogens is 174 g/mol. The summed E-state index contributed by atoms with van der Waals surface area (Å²) < 4.78 is 0. The zero-order chi connectivity index (χ0) is 10.4. The van der Waals surface area contributed by atoms with Gasteiger partial charge in [-0.05, 0) is 43.1 Å². The van der Waals surface area contributed by atoms with Gasteiger partial charge in [-0.15, -0.1) is 0 Å². The number of nitrogens with one attached hydrogen (secondary N) is 1. The second-order valence-electron chi connectivity index (χ2n) is 4.01. The van der Waals surface area contributed by atoms with Gasteiger partial charge in [-0.3, -0.25) is 0 Å². The monoisotopic (exact) mass is 193 g/mol. The molecule has 0 fully saturated rings. The van der Waals surface area contributed by atoms with Crippen molar-refractivity contribution in [1.82, 2.24) is 5.32 Å². The van der Waals surface area contributed by atoms with E-state index >= 15 is 0 Å². The van der Waals surface area contributed by atoms with Crippen molar-refractivity contribution in [1.29, 1.82) is 0 Å². The van der Waals surface area contributed by atoms with Gasteiger partial charge in [0.25, 0.3) is 0 Å². The Bertz CT molecular complexity index is 254. The first kappa shape index (κ1) is 11.1. The van der Waals surface area contributed by atoms with Gasteiger partial charge in [-0.1, -0.05) is 26.0 Å². The number of hydrogen-bond acceptors (Lipinski definition) is 2. The molecule has 0 aliphatic rings. The van der Waals surface area contributed by atoms with Crippen LogP contribution in [-0.4, -0.2) is 18.2 Å². The summed E-state index contributed by atoms with van der Waals surface area (Å²) in [7, 11) is 0. The molecule has 14 heavy (non-hydrogen) atoms. The summed E-state index contributed by atoms with van der Waals surface area (Å²) in [6, 6.07) is 7.40. The lowest BCUT2D eigenvalue weighted by molar-refractivity contribution is 0.475. The normalized spacial score (nSPS) is 10.8. The molecule has 0 heterocycles. The number of hydrogen-bond donors (Lipinski definition) is 2. The van der Waals surface area contributed by atoms with Crippen molar-refractivity contribution < 1.29 is 5.11 Å². The summed E-state index contributed by atoms with van der Waals surface area (Å²) in [4.78, 5) is 0. The third-order valence-corrected chi connectivity index (χ3v) is 2.08. The molecule has 2 heteroatoms. The molecule has 1 aromatic rings. The molecule has 0 unspecified atom stereocenters. The average Bonchev–Trinajstić information content (AvgIpc) is 2.15. The van der Waals surface area contributed by atoms with Gasteiger partial charge in [0.15, 0.2) is 0 Å². The van der Waals surface area contributed by atoms with Gasteiger partial charge < -0.3 is 10.4 Å². The first-order valence-corrected chi connectivity index (χ1v) is 5.17. The van der Waals surface area contributed by atoms with E-state index in [1.54, 1.807) is 12.1 Å². The Morgan fingerprint density at radius 2 is 1.86 bits per heavy atom. The maximum atomic E-state index is 9.09. The van der Waals surface area contributed by atoms with Crippen molar-refractivity contribution >= 4 is 0 Å². The molecule has 0 bridgehead atoms. The van der Waals surface area contributed by atoms with Gasteiger partial charge in [-0.2, -0.15) is 0 Å². The molecule has 2 N–H and O–H groups in total. The molecule has 0 saturated carbocycles. The maximum absolute atomic E-state index is 9.09. The van der Waals surface area contributed by atoms with Crippen LogP contribution in [0.4, 0.5) is 0 Å². The fraction of sp³-hybridized carbons (Fsp3) is 0.500. The summed E-state index contributed by atoms with van der Waals surface area (Å²) >= 11 is 0. The summed E-state index contributed by atoms with van der Waals surface area (Å²) in [5.74, 6) is 1.04. The van der Waals surface area contributed by atoms with Crippen molar-refractivity contribution in [2.45, 2.75) is 20.3 Å². The number of phenols is 1. The van der Waals surface area contributed by atoms with Crippen LogP contribution in [0.5, 0.6) is 5.75 Å². The van der Waals surface area contributed by atoms with Gasteiger partial charge in [0, 0.05) is 0 Å². The minimum absolute atomic E-state index is 0.337. The molecule has 0 saturated heterocycles. The lowest BCUT2D eigenvalue weighted by Gasteiger charge is -2.07. The Morgan fingerprint density at radius 1 is 1.21 bits per heavy atom. The third-order valence-electron chi connectivity index (χ3n) is 2.08. The van der Waals surface area contributed by atoms with Crippen LogP contribution in [-0.2, 0) is 6.42 Å². The van der Waals surface area contributed by atoms with Crippen LogP contribution in [0.3, 0.4) is 0 Å². The minimum atomic E-state index is 0.337. The molecule has 0 spiro atoms. The van der Waals surface area contributed by atoms with E-state index in [4.69, 9.17) is 5.11 Å². The summed E-state index contributed by atoms with van der Waals surface area (Å²) in [6.07, 6.45) is 1.02. The van der Waals surface area contributed by atoms with Crippen molar-refractivity contribution in [2.75, 3.05) is 13.1 Å². The van der Waals surface area contributed by atoms with Crippen LogP contribution in [0.15, 0.2) is 24.3 Å². The molecule has 0 aromatic heterocycles. The molecule has 0 amide bonds. The van der Waals surface area contributed by atoms with Crippen LogP contribution in [0.1, 0.15) is 19.4 Å². The standard InChI is InChI=1S/C12H19NO/c1-10(2)9-13-8-7-11-3-5-12(14)6-4-11/h3-6,10,13-14H,7-9H2,1-2H3. The van der Waals surface area contributed by atoms with Gasteiger partial charge in [-0.25, -0.2) is 0 Å². The predicted molar refractivity (Wildman–Crippen MR) is 59.5 cm³/mol.